The number of carbonyl (C=O) groups is 1. The van der Waals surface area contributed by atoms with Crippen LogP contribution in [0.4, 0.5) is 0 Å². The van der Waals surface area contributed by atoms with Gasteiger partial charge in [-0.1, -0.05) is 6.07 Å². The van der Waals surface area contributed by atoms with Gasteiger partial charge >= 0.3 is 5.97 Å². The van der Waals surface area contributed by atoms with E-state index in [1.54, 1.807) is 18.2 Å². The highest BCUT2D eigenvalue weighted by Gasteiger charge is 2.05. The average Bonchev–Trinajstić information content (AvgIpc) is 2.55. The molecule has 0 amide bonds. The van der Waals surface area contributed by atoms with E-state index in [-0.39, 0.29) is 6.61 Å². The molecule has 0 heterocycles. The van der Waals surface area contributed by atoms with Crippen molar-refractivity contribution in [2.45, 2.75) is 0 Å². The molecule has 0 aliphatic carbocycles. The molecule has 0 spiro atoms. The molecule has 0 radical (unpaired) electrons. The number of hydrogen-bond acceptors (Lipinski definition) is 6. The van der Waals surface area contributed by atoms with Crippen LogP contribution in [0.1, 0.15) is 5.56 Å². The summed E-state index contributed by atoms with van der Waals surface area (Å²) in [6.45, 7) is 1.90. The molecule has 0 saturated carbocycles. The van der Waals surface area contributed by atoms with Crippen LogP contribution < -0.4 is 9.47 Å². The third kappa shape index (κ3) is 8.20. The largest absolute Gasteiger partial charge is 0.493 e. The molecule has 1 aromatic carbocycles. The van der Waals surface area contributed by atoms with E-state index in [9.17, 15) is 4.79 Å². The fourth-order valence-electron chi connectivity index (χ4n) is 1.67. The molecular formula is C16H22O7. The molecule has 1 aromatic rings. The molecule has 1 rings (SSSR count). The normalized spacial score (nSPS) is 10.9. The molecule has 0 aliphatic heterocycles. The Morgan fingerprint density at radius 1 is 1.09 bits per heavy atom. The summed E-state index contributed by atoms with van der Waals surface area (Å²) in [5, 5.41) is 17.1. The van der Waals surface area contributed by atoms with Crippen molar-refractivity contribution in [1.29, 1.82) is 0 Å². The predicted octanol–water partition coefficient (Wildman–Crippen LogP) is 1.20. The summed E-state index contributed by atoms with van der Waals surface area (Å²) in [6, 6.07) is 5.14. The lowest BCUT2D eigenvalue weighted by molar-refractivity contribution is -0.131. The molecule has 23 heavy (non-hydrogen) atoms. The minimum Gasteiger partial charge on any atom is -0.493 e. The van der Waals surface area contributed by atoms with Gasteiger partial charge in [0.25, 0.3) is 0 Å². The van der Waals surface area contributed by atoms with Gasteiger partial charge in [-0.2, -0.15) is 0 Å². The van der Waals surface area contributed by atoms with Gasteiger partial charge in [0.1, 0.15) is 6.61 Å². The summed E-state index contributed by atoms with van der Waals surface area (Å²) in [5.74, 6) is 0.0633. The molecule has 0 unspecified atom stereocenters. The molecule has 0 bridgehead atoms. The SMILES string of the molecule is COc1cc(/C=C/C(=O)O)ccc1OCCOCCOCCO. The van der Waals surface area contributed by atoms with E-state index >= 15 is 0 Å². The summed E-state index contributed by atoms with van der Waals surface area (Å²) in [6.07, 6.45) is 2.53. The number of methoxy groups -OCH3 is 1. The van der Waals surface area contributed by atoms with Gasteiger partial charge in [0.15, 0.2) is 11.5 Å². The van der Waals surface area contributed by atoms with Crippen LogP contribution >= 0.6 is 0 Å². The van der Waals surface area contributed by atoms with E-state index in [2.05, 4.69) is 0 Å². The Hall–Kier alpha value is -2.09. The predicted molar refractivity (Wildman–Crippen MR) is 83.9 cm³/mol. The minimum absolute atomic E-state index is 0.000550. The maximum absolute atomic E-state index is 10.5. The molecule has 0 aliphatic rings. The fourth-order valence-corrected chi connectivity index (χ4v) is 1.67. The van der Waals surface area contributed by atoms with Crippen molar-refractivity contribution < 1.29 is 34.0 Å². The lowest BCUT2D eigenvalue weighted by Gasteiger charge is -2.11. The van der Waals surface area contributed by atoms with Gasteiger partial charge in [-0.15, -0.1) is 0 Å². The number of rotatable bonds is 12. The summed E-state index contributed by atoms with van der Waals surface area (Å²) in [4.78, 5) is 10.5. The van der Waals surface area contributed by atoms with Gasteiger partial charge in [0.05, 0.1) is 40.1 Å². The number of carboxylic acid groups (broad SMARTS) is 1. The molecule has 7 heteroatoms. The molecule has 128 valence electrons. The van der Waals surface area contributed by atoms with Gasteiger partial charge in [-0.3, -0.25) is 0 Å². The van der Waals surface area contributed by atoms with E-state index in [0.29, 0.717) is 50.1 Å². The summed E-state index contributed by atoms with van der Waals surface area (Å²) >= 11 is 0. The minimum atomic E-state index is -1.01. The highest BCUT2D eigenvalue weighted by atomic mass is 16.6. The average molecular weight is 326 g/mol. The first-order chi connectivity index (χ1) is 11.2. The second-order valence-electron chi connectivity index (χ2n) is 4.38. The Labute approximate surface area is 135 Å². The zero-order valence-electron chi connectivity index (χ0n) is 13.1. The van der Waals surface area contributed by atoms with Crippen LogP contribution in [0.15, 0.2) is 24.3 Å². The molecule has 0 aromatic heterocycles. The second-order valence-corrected chi connectivity index (χ2v) is 4.38. The molecular weight excluding hydrogens is 304 g/mol. The quantitative estimate of drug-likeness (QED) is 0.440. The Kier molecular flexibility index (Phi) is 9.46. The van der Waals surface area contributed by atoms with Crippen molar-refractivity contribution >= 4 is 12.0 Å². The highest BCUT2D eigenvalue weighted by Crippen LogP contribution is 2.28. The van der Waals surface area contributed by atoms with E-state index < -0.39 is 5.97 Å². The van der Waals surface area contributed by atoms with E-state index in [0.717, 1.165) is 6.08 Å². The summed E-state index contributed by atoms with van der Waals surface area (Å²) in [7, 11) is 1.52. The van der Waals surface area contributed by atoms with Gasteiger partial charge in [0.2, 0.25) is 0 Å². The number of aliphatic hydroxyl groups is 1. The fraction of sp³-hybridized carbons (Fsp3) is 0.438. The van der Waals surface area contributed by atoms with Gasteiger partial charge in [-0.25, -0.2) is 4.79 Å². The van der Waals surface area contributed by atoms with Gasteiger partial charge in [0, 0.05) is 6.08 Å². The number of aliphatic carboxylic acids is 1. The van der Waals surface area contributed by atoms with Crippen LogP contribution in [0.2, 0.25) is 0 Å². The third-order valence-corrected chi connectivity index (χ3v) is 2.70. The second kappa shape index (κ2) is 11.5. The van der Waals surface area contributed by atoms with Crippen LogP contribution in [0, 0.1) is 0 Å². The maximum Gasteiger partial charge on any atom is 0.328 e. The monoisotopic (exact) mass is 326 g/mol. The first-order valence-electron chi connectivity index (χ1n) is 7.15. The number of ether oxygens (including phenoxy) is 4. The molecule has 7 nitrogen and oxygen atoms in total. The van der Waals surface area contributed by atoms with Crippen molar-refractivity contribution in [3.05, 3.63) is 29.8 Å². The third-order valence-electron chi connectivity index (χ3n) is 2.70. The number of benzene rings is 1. The molecule has 2 N–H and O–H groups in total. The van der Waals surface area contributed by atoms with Crippen LogP contribution in [0.5, 0.6) is 11.5 Å². The first kappa shape index (κ1) is 19.0. The highest BCUT2D eigenvalue weighted by molar-refractivity contribution is 5.85. The Balaban J connectivity index is 2.37. The van der Waals surface area contributed by atoms with E-state index in [4.69, 9.17) is 29.2 Å². The van der Waals surface area contributed by atoms with Crippen LogP contribution in [-0.2, 0) is 14.3 Å². The number of aliphatic hydroxyl groups excluding tert-OH is 1. The van der Waals surface area contributed by atoms with Crippen molar-refractivity contribution in [2.24, 2.45) is 0 Å². The lowest BCUT2D eigenvalue weighted by Crippen LogP contribution is -2.12. The van der Waals surface area contributed by atoms with Crippen molar-refractivity contribution in [3.8, 4) is 11.5 Å². The van der Waals surface area contributed by atoms with Crippen LogP contribution in [0.25, 0.3) is 6.08 Å². The Morgan fingerprint density at radius 2 is 1.78 bits per heavy atom. The lowest BCUT2D eigenvalue weighted by atomic mass is 10.2. The Bertz CT molecular complexity index is 499. The van der Waals surface area contributed by atoms with Crippen molar-refractivity contribution in [2.75, 3.05) is 46.8 Å². The zero-order chi connectivity index (χ0) is 16.9. The summed E-state index contributed by atoms with van der Waals surface area (Å²) < 4.78 is 21.2. The topological polar surface area (TPSA) is 94.5 Å². The zero-order valence-corrected chi connectivity index (χ0v) is 13.1. The number of carboxylic acids is 1. The van der Waals surface area contributed by atoms with Crippen molar-refractivity contribution in [3.63, 3.8) is 0 Å². The van der Waals surface area contributed by atoms with Crippen LogP contribution in [-0.4, -0.2) is 62.9 Å². The van der Waals surface area contributed by atoms with Gasteiger partial charge in [-0.05, 0) is 23.8 Å². The Morgan fingerprint density at radius 3 is 2.43 bits per heavy atom. The maximum atomic E-state index is 10.5. The number of hydrogen-bond donors (Lipinski definition) is 2. The molecule has 0 atom stereocenters. The smallest absolute Gasteiger partial charge is 0.328 e. The van der Waals surface area contributed by atoms with E-state index in [1.165, 1.54) is 13.2 Å². The molecule has 0 fully saturated rings. The van der Waals surface area contributed by atoms with Gasteiger partial charge < -0.3 is 29.2 Å². The summed E-state index contributed by atoms with van der Waals surface area (Å²) in [5.41, 5.74) is 0.703. The van der Waals surface area contributed by atoms with Crippen LogP contribution in [0.3, 0.4) is 0 Å². The standard InChI is InChI=1S/C16H22O7/c1-20-15-12-13(3-5-16(18)19)2-4-14(15)23-11-10-22-9-8-21-7-6-17/h2-5,12,17H,6-11H2,1H3,(H,18,19)/b5-3+. The van der Waals surface area contributed by atoms with Crippen molar-refractivity contribution in [1.82, 2.24) is 0 Å². The first-order valence-corrected chi connectivity index (χ1v) is 7.15. The molecule has 0 saturated heterocycles. The van der Waals surface area contributed by atoms with E-state index in [1.807, 2.05) is 0 Å².